The third-order valence-corrected chi connectivity index (χ3v) is 7.36. The van der Waals surface area contributed by atoms with Gasteiger partial charge < -0.3 is 19.5 Å². The molecule has 1 aromatic heterocycles. The monoisotopic (exact) mass is 614 g/mol. The van der Waals surface area contributed by atoms with Crippen LogP contribution < -0.4 is 14.8 Å². The van der Waals surface area contributed by atoms with Crippen molar-refractivity contribution < 1.29 is 28.6 Å². The first-order valence-corrected chi connectivity index (χ1v) is 15.3. The molecule has 0 aliphatic rings. The van der Waals surface area contributed by atoms with Gasteiger partial charge in [-0.1, -0.05) is 97.0 Å². The Morgan fingerprint density at radius 1 is 0.844 bits per heavy atom. The minimum absolute atomic E-state index is 0.0161. The number of aromatic nitrogens is 1. The molecule has 0 radical (unpaired) electrons. The van der Waals surface area contributed by atoms with Crippen molar-refractivity contribution in [1.29, 1.82) is 0 Å². The normalized spacial score (nSPS) is 12.1. The average molecular weight is 615 g/mol. The third-order valence-electron chi connectivity index (χ3n) is 7.36. The number of methoxy groups -OCH3 is 1. The third kappa shape index (κ3) is 9.03. The quantitative estimate of drug-likeness (QED) is 0.186. The Hall–Kier alpha value is -4.46. The molecular weight excluding hydrogens is 568 g/mol. The van der Waals surface area contributed by atoms with E-state index in [1.54, 1.807) is 6.92 Å². The molecule has 3 rings (SSSR count). The van der Waals surface area contributed by atoms with Crippen LogP contribution >= 0.6 is 0 Å². The molecule has 0 aliphatic carbocycles. The molecule has 0 fully saturated rings. The molecule has 0 saturated heterocycles. The molecule has 3 aromatic rings. The van der Waals surface area contributed by atoms with Gasteiger partial charge in [0.15, 0.2) is 11.4 Å². The summed E-state index contributed by atoms with van der Waals surface area (Å²) in [5, 5.41) is 2.62. The summed E-state index contributed by atoms with van der Waals surface area (Å²) in [6, 6.07) is 16.9. The van der Waals surface area contributed by atoms with Gasteiger partial charge in [0.1, 0.15) is 11.8 Å². The van der Waals surface area contributed by atoms with Gasteiger partial charge in [-0.2, -0.15) is 0 Å². The summed E-state index contributed by atoms with van der Waals surface area (Å²) in [5.41, 5.74) is 4.72. The molecule has 1 atom stereocenters. The summed E-state index contributed by atoms with van der Waals surface area (Å²) in [6.07, 6.45) is 2.10. The maximum Gasteiger partial charge on any atom is 0.333 e. The van der Waals surface area contributed by atoms with E-state index >= 15 is 0 Å². The second kappa shape index (κ2) is 14.5. The molecule has 0 unspecified atom stereocenters. The van der Waals surface area contributed by atoms with Crippen LogP contribution in [0, 0.1) is 0 Å². The number of nitrogens with one attached hydrogen (secondary N) is 1. The van der Waals surface area contributed by atoms with E-state index < -0.39 is 23.9 Å². The molecule has 8 heteroatoms. The van der Waals surface area contributed by atoms with Gasteiger partial charge in [-0.05, 0) is 53.4 Å². The van der Waals surface area contributed by atoms with E-state index in [4.69, 9.17) is 14.2 Å². The maximum atomic E-state index is 13.3. The van der Waals surface area contributed by atoms with E-state index in [0.29, 0.717) is 12.2 Å². The molecule has 0 bridgehead atoms. The fraction of sp³-hybridized carbons (Fsp3) is 0.405. The second-order valence-corrected chi connectivity index (χ2v) is 13.1. The number of benzene rings is 2. The van der Waals surface area contributed by atoms with E-state index in [-0.39, 0.29) is 34.4 Å². The first-order chi connectivity index (χ1) is 21.1. The summed E-state index contributed by atoms with van der Waals surface area (Å²) in [5.74, 6) is -1.44. The molecule has 0 aliphatic heterocycles. The highest BCUT2D eigenvalue weighted by Crippen LogP contribution is 2.33. The largest absolute Gasteiger partial charge is 0.493 e. The summed E-state index contributed by atoms with van der Waals surface area (Å²) >= 11 is 0. The molecule has 1 heterocycles. The standard InChI is InChI=1S/C37H46N2O6/c1-11-12-30(40)45-33-29(43-10)21-22-38-32(33)34(41)39-23(2)35(42)44-24(3)31(25-13-17-27(18-14-25)36(4,5)6)26-15-19-28(20-16-26)37(7,8)9/h13-23H,11-12H2,1-10H3,(H,39,41)/t23-/m0/s1. The Bertz CT molecular complexity index is 1480. The lowest BCUT2D eigenvalue weighted by Crippen LogP contribution is -2.40. The van der Waals surface area contributed by atoms with Crippen LogP contribution in [-0.4, -0.2) is 36.0 Å². The number of hydrogen-bond acceptors (Lipinski definition) is 7. The highest BCUT2D eigenvalue weighted by atomic mass is 16.6. The Balaban J connectivity index is 1.92. The number of carbonyl (C=O) groups is 3. The van der Waals surface area contributed by atoms with Gasteiger partial charge in [-0.15, -0.1) is 0 Å². The number of hydrogen-bond donors (Lipinski definition) is 1. The van der Waals surface area contributed by atoms with Gasteiger partial charge in [0, 0.05) is 24.3 Å². The van der Waals surface area contributed by atoms with Crippen LogP contribution in [-0.2, 0) is 25.2 Å². The maximum absolute atomic E-state index is 13.3. The smallest absolute Gasteiger partial charge is 0.333 e. The number of allylic oxidation sites excluding steroid dienone is 1. The first kappa shape index (κ1) is 35.0. The molecule has 0 spiro atoms. The van der Waals surface area contributed by atoms with Crippen molar-refractivity contribution in [2.24, 2.45) is 0 Å². The molecule has 240 valence electrons. The number of pyridine rings is 1. The molecule has 2 aromatic carbocycles. The Morgan fingerprint density at radius 2 is 1.36 bits per heavy atom. The van der Waals surface area contributed by atoms with Crippen molar-refractivity contribution in [3.8, 4) is 11.5 Å². The lowest BCUT2D eigenvalue weighted by Gasteiger charge is -2.22. The number of amides is 1. The van der Waals surface area contributed by atoms with Crippen molar-refractivity contribution in [2.75, 3.05) is 7.11 Å². The summed E-state index contributed by atoms with van der Waals surface area (Å²) in [6.45, 7) is 18.1. The Kier molecular flexibility index (Phi) is 11.3. The lowest BCUT2D eigenvalue weighted by molar-refractivity contribution is -0.141. The number of carbonyl (C=O) groups excluding carboxylic acids is 3. The minimum Gasteiger partial charge on any atom is -0.493 e. The number of nitrogens with zero attached hydrogens (tertiary/aromatic N) is 1. The summed E-state index contributed by atoms with van der Waals surface area (Å²) in [7, 11) is 1.40. The second-order valence-electron chi connectivity index (χ2n) is 13.1. The van der Waals surface area contributed by atoms with Gasteiger partial charge in [0.05, 0.1) is 7.11 Å². The number of rotatable bonds is 10. The SMILES string of the molecule is CCCC(=O)Oc1c(OC)ccnc1C(=O)N[C@@H](C)C(=O)OC(C)=C(c1ccc(C(C)(C)C)cc1)c1ccc(C(C)(C)C)cc1. The fourth-order valence-corrected chi connectivity index (χ4v) is 4.68. The number of esters is 2. The average Bonchev–Trinajstić information content (AvgIpc) is 2.97. The van der Waals surface area contributed by atoms with Gasteiger partial charge in [-0.25, -0.2) is 9.78 Å². The summed E-state index contributed by atoms with van der Waals surface area (Å²) < 4.78 is 16.6. The highest BCUT2D eigenvalue weighted by molar-refractivity contribution is 5.99. The zero-order valence-corrected chi connectivity index (χ0v) is 28.2. The van der Waals surface area contributed by atoms with Crippen LogP contribution in [0.15, 0.2) is 66.6 Å². The van der Waals surface area contributed by atoms with Gasteiger partial charge in [0.25, 0.3) is 5.91 Å². The molecule has 0 saturated carbocycles. The van der Waals surface area contributed by atoms with Crippen molar-refractivity contribution >= 4 is 23.4 Å². The summed E-state index contributed by atoms with van der Waals surface area (Å²) in [4.78, 5) is 42.9. The van der Waals surface area contributed by atoms with E-state index in [2.05, 4.69) is 76.1 Å². The van der Waals surface area contributed by atoms with Gasteiger partial charge >= 0.3 is 11.9 Å². The van der Waals surface area contributed by atoms with E-state index in [9.17, 15) is 14.4 Å². The van der Waals surface area contributed by atoms with Crippen LogP contribution in [0.25, 0.3) is 5.57 Å². The van der Waals surface area contributed by atoms with Crippen LogP contribution in [0.4, 0.5) is 0 Å². The highest BCUT2D eigenvalue weighted by Gasteiger charge is 2.26. The predicted octanol–water partition coefficient (Wildman–Crippen LogP) is 7.53. The van der Waals surface area contributed by atoms with Crippen LogP contribution in [0.3, 0.4) is 0 Å². The Morgan fingerprint density at radius 3 is 1.80 bits per heavy atom. The molecule has 45 heavy (non-hydrogen) atoms. The zero-order chi connectivity index (χ0) is 33.5. The first-order valence-electron chi connectivity index (χ1n) is 15.3. The van der Waals surface area contributed by atoms with Crippen molar-refractivity contribution in [1.82, 2.24) is 10.3 Å². The lowest BCUT2D eigenvalue weighted by atomic mass is 9.84. The van der Waals surface area contributed by atoms with Crippen LogP contribution in [0.1, 0.15) is 108 Å². The van der Waals surface area contributed by atoms with Gasteiger partial charge in [0.2, 0.25) is 5.75 Å². The van der Waals surface area contributed by atoms with Crippen molar-refractivity contribution in [3.05, 3.63) is 94.5 Å². The molecule has 8 nitrogen and oxygen atoms in total. The van der Waals surface area contributed by atoms with E-state index in [0.717, 1.165) is 16.7 Å². The van der Waals surface area contributed by atoms with Crippen molar-refractivity contribution in [2.45, 2.75) is 92.0 Å². The van der Waals surface area contributed by atoms with Gasteiger partial charge in [-0.3, -0.25) is 9.59 Å². The Labute approximate surface area is 267 Å². The molecule has 1 N–H and O–H groups in total. The van der Waals surface area contributed by atoms with E-state index in [1.807, 2.05) is 31.2 Å². The topological polar surface area (TPSA) is 104 Å². The number of ether oxygens (including phenoxy) is 3. The minimum atomic E-state index is -1.05. The fourth-order valence-electron chi connectivity index (χ4n) is 4.68. The van der Waals surface area contributed by atoms with E-state index in [1.165, 1.54) is 37.4 Å². The van der Waals surface area contributed by atoms with Crippen LogP contribution in [0.2, 0.25) is 0 Å². The predicted molar refractivity (Wildman–Crippen MR) is 176 cm³/mol. The zero-order valence-electron chi connectivity index (χ0n) is 28.2. The van der Waals surface area contributed by atoms with Crippen LogP contribution in [0.5, 0.6) is 11.5 Å². The van der Waals surface area contributed by atoms with Crippen molar-refractivity contribution in [3.63, 3.8) is 0 Å². The molecule has 1 amide bonds. The molecular formula is C37H46N2O6.